The molecule has 0 atom stereocenters. The van der Waals surface area contributed by atoms with Gasteiger partial charge in [-0.25, -0.2) is 4.98 Å². The Bertz CT molecular complexity index is 780. The number of nitrogens with one attached hydrogen (secondary N) is 2. The van der Waals surface area contributed by atoms with Crippen molar-refractivity contribution in [3.05, 3.63) is 54.1 Å². The van der Waals surface area contributed by atoms with Crippen LogP contribution in [0, 0.1) is 0 Å². The van der Waals surface area contributed by atoms with Crippen molar-refractivity contribution in [1.82, 2.24) is 20.5 Å². The maximum absolute atomic E-state index is 5.18. The van der Waals surface area contributed by atoms with Gasteiger partial charge in [-0.2, -0.15) is 5.10 Å². The molecule has 0 aliphatic rings. The second-order valence-corrected chi connectivity index (χ2v) is 5.54. The molecule has 0 bridgehead atoms. The van der Waals surface area contributed by atoms with Crippen LogP contribution in [0.25, 0.3) is 22.8 Å². The van der Waals surface area contributed by atoms with Crippen LogP contribution in [0.2, 0.25) is 0 Å². The van der Waals surface area contributed by atoms with E-state index in [1.165, 1.54) is 5.56 Å². The number of aromatic amines is 1. The van der Waals surface area contributed by atoms with Gasteiger partial charge in [-0.3, -0.25) is 5.10 Å². The standard InChI is InChI=1S/C19H22N4O/c1-3-20-12-11-14-5-4-6-16(13-14)19-21-18(22-23-19)15-7-9-17(24-2)10-8-15/h4-10,13,20H,3,11-12H2,1-2H3,(H,21,22,23). The summed E-state index contributed by atoms with van der Waals surface area (Å²) in [5.74, 6) is 2.30. The minimum Gasteiger partial charge on any atom is -0.497 e. The molecule has 3 rings (SSSR count). The molecular formula is C19H22N4O. The second-order valence-electron chi connectivity index (χ2n) is 5.54. The first-order chi connectivity index (χ1) is 11.8. The predicted molar refractivity (Wildman–Crippen MR) is 96.1 cm³/mol. The van der Waals surface area contributed by atoms with Gasteiger partial charge in [-0.05, 0) is 55.4 Å². The Morgan fingerprint density at radius 2 is 1.92 bits per heavy atom. The number of nitrogens with zero attached hydrogens (tertiary/aromatic N) is 2. The molecule has 0 spiro atoms. The normalized spacial score (nSPS) is 10.8. The van der Waals surface area contributed by atoms with Gasteiger partial charge in [0.15, 0.2) is 11.6 Å². The Morgan fingerprint density at radius 3 is 2.67 bits per heavy atom. The maximum atomic E-state index is 5.18. The van der Waals surface area contributed by atoms with E-state index in [0.29, 0.717) is 5.82 Å². The first-order valence-electron chi connectivity index (χ1n) is 8.17. The number of aromatic nitrogens is 3. The summed E-state index contributed by atoms with van der Waals surface area (Å²) in [6.07, 6.45) is 0.997. The molecule has 0 amide bonds. The highest BCUT2D eigenvalue weighted by Crippen LogP contribution is 2.22. The van der Waals surface area contributed by atoms with Crippen molar-refractivity contribution in [2.45, 2.75) is 13.3 Å². The average molecular weight is 322 g/mol. The largest absolute Gasteiger partial charge is 0.497 e. The van der Waals surface area contributed by atoms with E-state index in [2.05, 4.69) is 45.6 Å². The number of methoxy groups -OCH3 is 1. The highest BCUT2D eigenvalue weighted by Gasteiger charge is 2.08. The molecule has 0 saturated heterocycles. The molecule has 2 N–H and O–H groups in total. The van der Waals surface area contributed by atoms with Crippen LogP contribution in [-0.4, -0.2) is 35.4 Å². The first kappa shape index (κ1) is 16.2. The van der Waals surface area contributed by atoms with Crippen molar-refractivity contribution in [3.8, 4) is 28.5 Å². The molecule has 5 heteroatoms. The van der Waals surface area contributed by atoms with E-state index in [4.69, 9.17) is 4.74 Å². The average Bonchev–Trinajstić information content (AvgIpc) is 3.12. The number of ether oxygens (including phenoxy) is 1. The van der Waals surface area contributed by atoms with Crippen LogP contribution in [0.1, 0.15) is 12.5 Å². The summed E-state index contributed by atoms with van der Waals surface area (Å²) in [7, 11) is 1.66. The van der Waals surface area contributed by atoms with E-state index in [1.54, 1.807) is 7.11 Å². The third-order valence-corrected chi connectivity index (χ3v) is 3.87. The van der Waals surface area contributed by atoms with E-state index < -0.39 is 0 Å². The van der Waals surface area contributed by atoms with Crippen LogP contribution in [-0.2, 0) is 6.42 Å². The number of rotatable bonds is 7. The third-order valence-electron chi connectivity index (χ3n) is 3.87. The van der Waals surface area contributed by atoms with Gasteiger partial charge in [0.05, 0.1) is 7.11 Å². The minimum atomic E-state index is 0.714. The van der Waals surface area contributed by atoms with Gasteiger partial charge in [0.2, 0.25) is 0 Å². The number of H-pyrrole nitrogens is 1. The lowest BCUT2D eigenvalue weighted by atomic mass is 10.1. The van der Waals surface area contributed by atoms with Gasteiger partial charge in [0, 0.05) is 11.1 Å². The van der Waals surface area contributed by atoms with Crippen molar-refractivity contribution in [3.63, 3.8) is 0 Å². The molecule has 3 aromatic rings. The Labute approximate surface area is 142 Å². The number of hydrogen-bond donors (Lipinski definition) is 2. The van der Waals surface area contributed by atoms with Gasteiger partial charge < -0.3 is 10.1 Å². The van der Waals surface area contributed by atoms with Crippen molar-refractivity contribution in [2.24, 2.45) is 0 Å². The van der Waals surface area contributed by atoms with Gasteiger partial charge in [0.1, 0.15) is 5.75 Å². The van der Waals surface area contributed by atoms with Gasteiger partial charge in [0.25, 0.3) is 0 Å². The van der Waals surface area contributed by atoms with E-state index >= 15 is 0 Å². The summed E-state index contributed by atoms with van der Waals surface area (Å²) in [5, 5.41) is 10.7. The fourth-order valence-corrected chi connectivity index (χ4v) is 2.54. The molecule has 0 saturated carbocycles. The molecule has 1 aromatic heterocycles. The molecule has 0 unspecified atom stereocenters. The van der Waals surface area contributed by atoms with Crippen LogP contribution in [0.15, 0.2) is 48.5 Å². The summed E-state index contributed by atoms with van der Waals surface area (Å²) in [6.45, 7) is 4.08. The quantitative estimate of drug-likeness (QED) is 0.655. The Hall–Kier alpha value is -2.66. The molecule has 2 aromatic carbocycles. The van der Waals surface area contributed by atoms with Gasteiger partial charge in [-0.15, -0.1) is 0 Å². The summed E-state index contributed by atoms with van der Waals surface area (Å²) < 4.78 is 5.18. The van der Waals surface area contributed by atoms with E-state index in [0.717, 1.165) is 42.2 Å². The van der Waals surface area contributed by atoms with Crippen LogP contribution in [0.3, 0.4) is 0 Å². The van der Waals surface area contributed by atoms with Crippen LogP contribution in [0.4, 0.5) is 0 Å². The molecule has 0 fully saturated rings. The van der Waals surface area contributed by atoms with Crippen molar-refractivity contribution >= 4 is 0 Å². The van der Waals surface area contributed by atoms with Crippen molar-refractivity contribution in [2.75, 3.05) is 20.2 Å². The lowest BCUT2D eigenvalue weighted by molar-refractivity contribution is 0.415. The van der Waals surface area contributed by atoms with Crippen LogP contribution >= 0.6 is 0 Å². The van der Waals surface area contributed by atoms with E-state index in [1.807, 2.05) is 30.3 Å². The topological polar surface area (TPSA) is 62.8 Å². The van der Waals surface area contributed by atoms with Crippen molar-refractivity contribution in [1.29, 1.82) is 0 Å². The van der Waals surface area contributed by atoms with Crippen molar-refractivity contribution < 1.29 is 4.74 Å². The Kier molecular flexibility index (Phi) is 5.23. The Balaban J connectivity index is 1.78. The van der Waals surface area contributed by atoms with Crippen LogP contribution in [0.5, 0.6) is 5.75 Å². The molecule has 24 heavy (non-hydrogen) atoms. The predicted octanol–water partition coefficient (Wildman–Crippen LogP) is 3.30. The zero-order chi connectivity index (χ0) is 16.8. The summed E-state index contributed by atoms with van der Waals surface area (Å²) in [5.41, 5.74) is 3.29. The lowest BCUT2D eigenvalue weighted by Gasteiger charge is -2.03. The highest BCUT2D eigenvalue weighted by atomic mass is 16.5. The fraction of sp³-hybridized carbons (Fsp3) is 0.263. The Morgan fingerprint density at radius 1 is 1.08 bits per heavy atom. The maximum Gasteiger partial charge on any atom is 0.181 e. The molecule has 1 heterocycles. The second kappa shape index (κ2) is 7.75. The van der Waals surface area contributed by atoms with Gasteiger partial charge in [-0.1, -0.05) is 25.1 Å². The van der Waals surface area contributed by atoms with Gasteiger partial charge >= 0.3 is 0 Å². The number of hydrogen-bond acceptors (Lipinski definition) is 4. The first-order valence-corrected chi connectivity index (χ1v) is 8.17. The van der Waals surface area contributed by atoms with Crippen LogP contribution < -0.4 is 10.1 Å². The van der Waals surface area contributed by atoms with E-state index in [-0.39, 0.29) is 0 Å². The third kappa shape index (κ3) is 3.81. The van der Waals surface area contributed by atoms with E-state index in [9.17, 15) is 0 Å². The summed E-state index contributed by atoms with van der Waals surface area (Å²) in [4.78, 5) is 4.62. The zero-order valence-corrected chi connectivity index (χ0v) is 14.0. The molecule has 5 nitrogen and oxygen atoms in total. The SMILES string of the molecule is CCNCCc1cccc(-c2n[nH]c(-c3ccc(OC)cc3)n2)c1. The number of likely N-dealkylation sites (N-methyl/N-ethyl adjacent to an activating group) is 1. The molecule has 0 aliphatic heterocycles. The molecule has 0 radical (unpaired) electrons. The monoisotopic (exact) mass is 322 g/mol. The highest BCUT2D eigenvalue weighted by molar-refractivity contribution is 5.62. The summed E-state index contributed by atoms with van der Waals surface area (Å²) >= 11 is 0. The molecule has 124 valence electrons. The smallest absolute Gasteiger partial charge is 0.181 e. The number of benzene rings is 2. The molecule has 0 aliphatic carbocycles. The minimum absolute atomic E-state index is 0.714. The summed E-state index contributed by atoms with van der Waals surface area (Å²) in [6, 6.07) is 16.2. The fourth-order valence-electron chi connectivity index (χ4n) is 2.54. The zero-order valence-electron chi connectivity index (χ0n) is 14.0. The molecular weight excluding hydrogens is 300 g/mol. The lowest BCUT2D eigenvalue weighted by Crippen LogP contribution is -2.15.